The first kappa shape index (κ1) is 13.7. The first-order valence-electron chi connectivity index (χ1n) is 5.28. The molecule has 2 rings (SSSR count). The molecule has 0 unspecified atom stereocenters. The van der Waals surface area contributed by atoms with Crippen LogP contribution < -0.4 is 0 Å². The number of hydrogen-bond acceptors (Lipinski definition) is 3. The number of carbonyl (C=O) groups is 1. The summed E-state index contributed by atoms with van der Waals surface area (Å²) in [6, 6.07) is 11.0. The highest BCUT2D eigenvalue weighted by molar-refractivity contribution is 9.11. The standard InChI is InChI=1S/C14H7BrFNOS/c15-13-6-5-10(19-13)7-9(8-17)14(18)11-3-1-2-4-12(11)16/h1-7H/b9-7+. The molecule has 0 fully saturated rings. The van der Waals surface area contributed by atoms with E-state index in [9.17, 15) is 9.18 Å². The van der Waals surface area contributed by atoms with Crippen LogP contribution in [-0.2, 0) is 0 Å². The van der Waals surface area contributed by atoms with E-state index in [1.807, 2.05) is 12.1 Å². The maximum atomic E-state index is 13.5. The molecule has 0 bridgehead atoms. The van der Waals surface area contributed by atoms with Gasteiger partial charge in [-0.25, -0.2) is 4.39 Å². The number of nitriles is 1. The van der Waals surface area contributed by atoms with Crippen LogP contribution in [0, 0.1) is 17.1 Å². The number of halogens is 2. The highest BCUT2D eigenvalue weighted by atomic mass is 79.9. The van der Waals surface area contributed by atoms with E-state index in [-0.39, 0.29) is 11.1 Å². The van der Waals surface area contributed by atoms with E-state index >= 15 is 0 Å². The third-order valence-electron chi connectivity index (χ3n) is 2.36. The molecule has 0 spiro atoms. The summed E-state index contributed by atoms with van der Waals surface area (Å²) >= 11 is 4.69. The summed E-state index contributed by atoms with van der Waals surface area (Å²) in [5, 5.41) is 9.05. The smallest absolute Gasteiger partial charge is 0.206 e. The van der Waals surface area contributed by atoms with Crippen LogP contribution in [0.4, 0.5) is 4.39 Å². The lowest BCUT2D eigenvalue weighted by Gasteiger charge is -2.00. The topological polar surface area (TPSA) is 40.9 Å². The number of allylic oxidation sites excluding steroid dienone is 1. The average Bonchev–Trinajstić information content (AvgIpc) is 2.81. The Balaban J connectivity index is 2.39. The number of ketones is 1. The molecular formula is C14H7BrFNOS. The van der Waals surface area contributed by atoms with Gasteiger partial charge in [0.25, 0.3) is 0 Å². The molecule has 94 valence electrons. The molecule has 1 aromatic heterocycles. The molecule has 1 aromatic carbocycles. The van der Waals surface area contributed by atoms with Crippen molar-refractivity contribution in [3.05, 3.63) is 62.0 Å². The van der Waals surface area contributed by atoms with Crippen LogP contribution >= 0.6 is 27.3 Å². The van der Waals surface area contributed by atoms with E-state index in [0.29, 0.717) is 0 Å². The van der Waals surface area contributed by atoms with Crippen LogP contribution in [0.1, 0.15) is 15.2 Å². The molecule has 19 heavy (non-hydrogen) atoms. The third-order valence-corrected chi connectivity index (χ3v) is 3.93. The van der Waals surface area contributed by atoms with Gasteiger partial charge in [-0.3, -0.25) is 4.79 Å². The van der Waals surface area contributed by atoms with Gasteiger partial charge < -0.3 is 0 Å². The van der Waals surface area contributed by atoms with Crippen LogP contribution in [0.3, 0.4) is 0 Å². The fourth-order valence-electron chi connectivity index (χ4n) is 1.49. The van der Waals surface area contributed by atoms with E-state index in [1.54, 1.807) is 12.1 Å². The molecule has 0 N–H and O–H groups in total. The van der Waals surface area contributed by atoms with E-state index in [4.69, 9.17) is 5.26 Å². The maximum Gasteiger partial charge on any atom is 0.206 e. The number of benzene rings is 1. The number of rotatable bonds is 3. The average molecular weight is 336 g/mol. The zero-order valence-corrected chi connectivity index (χ0v) is 12.0. The fraction of sp³-hybridized carbons (Fsp3) is 0. The van der Waals surface area contributed by atoms with Gasteiger partial charge in [0.15, 0.2) is 0 Å². The lowest BCUT2D eigenvalue weighted by molar-refractivity contribution is 0.103. The SMILES string of the molecule is N#C/C(=C\c1ccc(Br)s1)C(=O)c1ccccc1F. The molecule has 0 saturated carbocycles. The Morgan fingerprint density at radius 1 is 1.32 bits per heavy atom. The molecule has 1 heterocycles. The van der Waals surface area contributed by atoms with Gasteiger partial charge >= 0.3 is 0 Å². The summed E-state index contributed by atoms with van der Waals surface area (Å²) in [5.41, 5.74) is -0.176. The Morgan fingerprint density at radius 2 is 2.05 bits per heavy atom. The summed E-state index contributed by atoms with van der Waals surface area (Å²) in [5.74, 6) is -1.23. The Labute approximate surface area is 121 Å². The number of nitrogens with zero attached hydrogens (tertiary/aromatic N) is 1. The number of carbonyl (C=O) groups excluding carboxylic acids is 1. The second-order valence-electron chi connectivity index (χ2n) is 3.62. The van der Waals surface area contributed by atoms with Gasteiger partial charge in [-0.2, -0.15) is 5.26 Å². The van der Waals surface area contributed by atoms with Crippen LogP contribution in [0.5, 0.6) is 0 Å². The first-order valence-corrected chi connectivity index (χ1v) is 6.89. The van der Waals surface area contributed by atoms with Crippen LogP contribution in [-0.4, -0.2) is 5.78 Å². The molecule has 0 amide bonds. The normalized spacial score (nSPS) is 11.1. The maximum absolute atomic E-state index is 13.5. The minimum absolute atomic E-state index is 0.0838. The monoisotopic (exact) mass is 335 g/mol. The predicted molar refractivity (Wildman–Crippen MR) is 76.3 cm³/mol. The fourth-order valence-corrected chi connectivity index (χ4v) is 2.85. The Hall–Kier alpha value is -1.77. The Morgan fingerprint density at radius 3 is 2.63 bits per heavy atom. The Bertz CT molecular complexity index is 699. The molecule has 0 aliphatic heterocycles. The molecule has 0 atom stereocenters. The highest BCUT2D eigenvalue weighted by Gasteiger charge is 2.16. The van der Waals surface area contributed by atoms with Crippen molar-refractivity contribution < 1.29 is 9.18 Å². The zero-order valence-electron chi connectivity index (χ0n) is 9.56. The van der Waals surface area contributed by atoms with Crippen molar-refractivity contribution in [2.45, 2.75) is 0 Å². The summed E-state index contributed by atoms with van der Waals surface area (Å²) in [4.78, 5) is 12.8. The Kier molecular flexibility index (Phi) is 4.25. The molecule has 0 aliphatic rings. The highest BCUT2D eigenvalue weighted by Crippen LogP contribution is 2.25. The van der Waals surface area contributed by atoms with Crippen LogP contribution in [0.15, 0.2) is 45.8 Å². The van der Waals surface area contributed by atoms with E-state index in [1.165, 1.54) is 35.6 Å². The van der Waals surface area contributed by atoms with Crippen molar-refractivity contribution in [1.82, 2.24) is 0 Å². The second kappa shape index (κ2) is 5.91. The van der Waals surface area contributed by atoms with Gasteiger partial charge in [0.2, 0.25) is 5.78 Å². The van der Waals surface area contributed by atoms with Gasteiger partial charge in [0.05, 0.1) is 9.35 Å². The number of hydrogen-bond donors (Lipinski definition) is 0. The van der Waals surface area contributed by atoms with Crippen molar-refractivity contribution in [2.75, 3.05) is 0 Å². The molecule has 0 aliphatic carbocycles. The van der Waals surface area contributed by atoms with Gasteiger partial charge in [0, 0.05) is 4.88 Å². The third kappa shape index (κ3) is 3.16. The molecule has 0 radical (unpaired) electrons. The quantitative estimate of drug-likeness (QED) is 0.472. The van der Waals surface area contributed by atoms with Gasteiger partial charge in [-0.05, 0) is 46.3 Å². The van der Waals surface area contributed by atoms with Gasteiger partial charge in [-0.1, -0.05) is 12.1 Å². The van der Waals surface area contributed by atoms with Gasteiger partial charge in [0.1, 0.15) is 17.5 Å². The molecule has 0 saturated heterocycles. The second-order valence-corrected chi connectivity index (χ2v) is 6.12. The van der Waals surface area contributed by atoms with E-state index in [2.05, 4.69) is 15.9 Å². The summed E-state index contributed by atoms with van der Waals surface area (Å²) in [6.07, 6.45) is 1.46. The van der Waals surface area contributed by atoms with E-state index < -0.39 is 11.6 Å². The van der Waals surface area contributed by atoms with Crippen LogP contribution in [0.2, 0.25) is 0 Å². The van der Waals surface area contributed by atoms with Crippen molar-refractivity contribution in [2.24, 2.45) is 0 Å². The minimum Gasteiger partial charge on any atom is -0.288 e. The predicted octanol–water partition coefficient (Wildman–Crippen LogP) is 4.44. The van der Waals surface area contributed by atoms with Crippen molar-refractivity contribution in [3.63, 3.8) is 0 Å². The molecule has 5 heteroatoms. The van der Waals surface area contributed by atoms with Crippen LogP contribution in [0.25, 0.3) is 6.08 Å². The number of Topliss-reactive ketones (excluding diaryl/α,β-unsaturated/α-hetero) is 1. The summed E-state index contributed by atoms with van der Waals surface area (Å²) in [7, 11) is 0. The van der Waals surface area contributed by atoms with Crippen molar-refractivity contribution >= 4 is 39.1 Å². The molecule has 2 nitrogen and oxygen atoms in total. The zero-order chi connectivity index (χ0) is 13.8. The lowest BCUT2D eigenvalue weighted by Crippen LogP contribution is -2.04. The minimum atomic E-state index is -0.624. The largest absolute Gasteiger partial charge is 0.288 e. The van der Waals surface area contributed by atoms with Crippen molar-refractivity contribution in [1.29, 1.82) is 5.26 Å². The summed E-state index contributed by atoms with van der Waals surface area (Å²) in [6.45, 7) is 0. The first-order chi connectivity index (χ1) is 9.11. The molecule has 2 aromatic rings. The lowest BCUT2D eigenvalue weighted by atomic mass is 10.0. The van der Waals surface area contributed by atoms with E-state index in [0.717, 1.165) is 8.66 Å². The summed E-state index contributed by atoms with van der Waals surface area (Å²) < 4.78 is 14.4. The van der Waals surface area contributed by atoms with Gasteiger partial charge in [-0.15, -0.1) is 11.3 Å². The number of thiophene rings is 1. The van der Waals surface area contributed by atoms with Crippen molar-refractivity contribution in [3.8, 4) is 6.07 Å². The molecular weight excluding hydrogens is 329 g/mol.